The number of rotatable bonds is 6. The van der Waals surface area contributed by atoms with E-state index in [2.05, 4.69) is 17.2 Å². The predicted octanol–water partition coefficient (Wildman–Crippen LogP) is 2.66. The minimum absolute atomic E-state index is 0.302. The highest BCUT2D eigenvalue weighted by molar-refractivity contribution is 5.26. The van der Waals surface area contributed by atoms with Gasteiger partial charge in [-0.25, -0.2) is 4.98 Å². The molecule has 19 heavy (non-hydrogen) atoms. The van der Waals surface area contributed by atoms with Crippen LogP contribution >= 0.6 is 0 Å². The molecule has 0 radical (unpaired) electrons. The molecule has 1 unspecified atom stereocenters. The van der Waals surface area contributed by atoms with Crippen LogP contribution in [-0.4, -0.2) is 16.1 Å². The Morgan fingerprint density at radius 2 is 2.05 bits per heavy atom. The van der Waals surface area contributed by atoms with E-state index in [1.807, 2.05) is 19.1 Å². The molecule has 2 rings (SSSR count). The van der Waals surface area contributed by atoms with Gasteiger partial charge in [-0.05, 0) is 31.0 Å². The summed E-state index contributed by atoms with van der Waals surface area (Å²) in [6.07, 6.45) is 3.55. The molecule has 1 aromatic heterocycles. The molecule has 4 heteroatoms. The molecule has 1 heterocycles. The quantitative estimate of drug-likeness (QED) is 0.838. The van der Waals surface area contributed by atoms with Crippen molar-refractivity contribution < 1.29 is 9.52 Å². The summed E-state index contributed by atoms with van der Waals surface area (Å²) in [6, 6.07) is 7.62. The van der Waals surface area contributed by atoms with Gasteiger partial charge in [0.2, 0.25) is 5.89 Å². The lowest BCUT2D eigenvalue weighted by Gasteiger charge is -2.12. The highest BCUT2D eigenvalue weighted by Crippen LogP contribution is 2.11. The van der Waals surface area contributed by atoms with Crippen LogP contribution in [0.15, 0.2) is 34.9 Å². The van der Waals surface area contributed by atoms with Crippen molar-refractivity contribution in [3.05, 3.63) is 47.7 Å². The van der Waals surface area contributed by atoms with Gasteiger partial charge in [0.15, 0.2) is 0 Å². The zero-order valence-electron chi connectivity index (χ0n) is 11.4. The van der Waals surface area contributed by atoms with E-state index in [9.17, 15) is 5.11 Å². The fourth-order valence-corrected chi connectivity index (χ4v) is 1.91. The van der Waals surface area contributed by atoms with Gasteiger partial charge in [-0.2, -0.15) is 0 Å². The van der Waals surface area contributed by atoms with Gasteiger partial charge < -0.3 is 14.8 Å². The summed E-state index contributed by atoms with van der Waals surface area (Å²) >= 11 is 0. The second kappa shape index (κ2) is 6.38. The zero-order chi connectivity index (χ0) is 13.7. The number of oxazole rings is 1. The first kappa shape index (κ1) is 13.6. The molecule has 102 valence electrons. The Labute approximate surface area is 113 Å². The van der Waals surface area contributed by atoms with Crippen molar-refractivity contribution in [1.82, 2.24) is 10.3 Å². The molecule has 0 saturated heterocycles. The van der Waals surface area contributed by atoms with E-state index in [1.54, 1.807) is 18.3 Å². The molecule has 0 aliphatic heterocycles. The monoisotopic (exact) mass is 260 g/mol. The van der Waals surface area contributed by atoms with Crippen LogP contribution < -0.4 is 5.32 Å². The van der Waals surface area contributed by atoms with Crippen LogP contribution in [0.1, 0.15) is 31.1 Å². The predicted molar refractivity (Wildman–Crippen MR) is 74.0 cm³/mol. The Morgan fingerprint density at radius 3 is 2.68 bits per heavy atom. The maximum atomic E-state index is 9.23. The van der Waals surface area contributed by atoms with E-state index in [-0.39, 0.29) is 0 Å². The third-order valence-electron chi connectivity index (χ3n) is 3.03. The van der Waals surface area contributed by atoms with Crippen molar-refractivity contribution in [2.75, 3.05) is 0 Å². The lowest BCUT2D eigenvalue weighted by Crippen LogP contribution is -2.27. The molecule has 4 nitrogen and oxygen atoms in total. The molecule has 1 atom stereocenters. The number of aromatic hydroxyl groups is 1. The van der Waals surface area contributed by atoms with Gasteiger partial charge >= 0.3 is 0 Å². The molecule has 0 saturated carbocycles. The van der Waals surface area contributed by atoms with Crippen molar-refractivity contribution in [3.8, 4) is 5.75 Å². The number of aryl methyl sites for hydroxylation is 1. The first-order valence-corrected chi connectivity index (χ1v) is 6.62. The van der Waals surface area contributed by atoms with Crippen LogP contribution in [0, 0.1) is 0 Å². The van der Waals surface area contributed by atoms with Gasteiger partial charge in [-0.3, -0.25) is 0 Å². The summed E-state index contributed by atoms with van der Waals surface area (Å²) in [7, 11) is 0. The average molecular weight is 260 g/mol. The van der Waals surface area contributed by atoms with Gasteiger partial charge in [-0.1, -0.05) is 19.1 Å². The number of hydrogen-bond acceptors (Lipinski definition) is 4. The number of phenols is 1. The van der Waals surface area contributed by atoms with Gasteiger partial charge in [0.25, 0.3) is 0 Å². The van der Waals surface area contributed by atoms with Crippen LogP contribution in [0.25, 0.3) is 0 Å². The van der Waals surface area contributed by atoms with E-state index in [0.717, 1.165) is 24.5 Å². The minimum atomic E-state index is 0.302. The van der Waals surface area contributed by atoms with Crippen molar-refractivity contribution in [3.63, 3.8) is 0 Å². The first-order valence-electron chi connectivity index (χ1n) is 6.62. The number of aromatic nitrogens is 1. The van der Waals surface area contributed by atoms with Gasteiger partial charge in [0, 0.05) is 12.5 Å². The largest absolute Gasteiger partial charge is 0.508 e. The lowest BCUT2D eigenvalue weighted by atomic mass is 10.1. The Hall–Kier alpha value is -1.81. The van der Waals surface area contributed by atoms with Crippen LogP contribution in [0.3, 0.4) is 0 Å². The summed E-state index contributed by atoms with van der Waals surface area (Å²) in [4.78, 5) is 4.22. The second-order valence-electron chi connectivity index (χ2n) is 4.73. The normalized spacial score (nSPS) is 12.5. The molecular formula is C15H20N2O2. The van der Waals surface area contributed by atoms with Gasteiger partial charge in [-0.15, -0.1) is 0 Å². The molecule has 0 amide bonds. The Morgan fingerprint density at radius 1 is 1.32 bits per heavy atom. The molecule has 0 fully saturated rings. The van der Waals surface area contributed by atoms with E-state index < -0.39 is 0 Å². The highest BCUT2D eigenvalue weighted by atomic mass is 16.4. The van der Waals surface area contributed by atoms with Crippen LogP contribution in [-0.2, 0) is 19.4 Å². The molecular weight excluding hydrogens is 240 g/mol. The zero-order valence-corrected chi connectivity index (χ0v) is 11.4. The lowest BCUT2D eigenvalue weighted by molar-refractivity contribution is 0.420. The van der Waals surface area contributed by atoms with Gasteiger partial charge in [0.1, 0.15) is 11.5 Å². The van der Waals surface area contributed by atoms with E-state index in [0.29, 0.717) is 18.3 Å². The number of benzene rings is 1. The smallest absolute Gasteiger partial charge is 0.208 e. The van der Waals surface area contributed by atoms with E-state index in [1.165, 1.54) is 5.56 Å². The Bertz CT molecular complexity index is 505. The second-order valence-corrected chi connectivity index (χ2v) is 4.73. The molecule has 0 aliphatic carbocycles. The molecule has 2 N–H and O–H groups in total. The number of nitrogens with zero attached hydrogens (tertiary/aromatic N) is 1. The van der Waals surface area contributed by atoms with Crippen molar-refractivity contribution in [1.29, 1.82) is 0 Å². The third-order valence-corrected chi connectivity index (χ3v) is 3.03. The number of nitrogens with one attached hydrogen (secondary N) is 1. The summed E-state index contributed by atoms with van der Waals surface area (Å²) in [5, 5.41) is 12.6. The summed E-state index contributed by atoms with van der Waals surface area (Å²) in [6.45, 7) is 4.81. The molecule has 0 spiro atoms. The van der Waals surface area contributed by atoms with Gasteiger partial charge in [0.05, 0.1) is 12.7 Å². The maximum absolute atomic E-state index is 9.23. The SMILES string of the molecule is CCc1cnc(CNC(C)Cc2ccc(O)cc2)o1. The number of phenolic OH excluding ortho intramolecular Hbond substituents is 1. The fraction of sp³-hybridized carbons (Fsp3) is 0.400. The molecule has 0 aliphatic rings. The van der Waals surface area contributed by atoms with Crippen LogP contribution in [0.5, 0.6) is 5.75 Å². The van der Waals surface area contributed by atoms with E-state index >= 15 is 0 Å². The van der Waals surface area contributed by atoms with Crippen LogP contribution in [0.4, 0.5) is 0 Å². The van der Waals surface area contributed by atoms with Crippen molar-refractivity contribution >= 4 is 0 Å². The van der Waals surface area contributed by atoms with Crippen LogP contribution in [0.2, 0.25) is 0 Å². The molecule has 1 aromatic carbocycles. The Kier molecular flexibility index (Phi) is 4.58. The summed E-state index contributed by atoms with van der Waals surface area (Å²) in [5.41, 5.74) is 1.19. The third kappa shape index (κ3) is 4.10. The topological polar surface area (TPSA) is 58.3 Å². The Balaban J connectivity index is 1.81. The molecule has 2 aromatic rings. The summed E-state index contributed by atoms with van der Waals surface area (Å²) < 4.78 is 5.54. The fourth-order valence-electron chi connectivity index (χ4n) is 1.91. The minimum Gasteiger partial charge on any atom is -0.508 e. The number of hydrogen-bond donors (Lipinski definition) is 2. The maximum Gasteiger partial charge on any atom is 0.208 e. The van der Waals surface area contributed by atoms with Crippen molar-refractivity contribution in [2.45, 2.75) is 39.3 Å². The van der Waals surface area contributed by atoms with Crippen molar-refractivity contribution in [2.24, 2.45) is 0 Å². The standard InChI is InChI=1S/C15H20N2O2/c1-3-14-9-17-15(19-14)10-16-11(2)8-12-4-6-13(18)7-5-12/h4-7,9,11,16,18H,3,8,10H2,1-2H3. The summed E-state index contributed by atoms with van der Waals surface area (Å²) in [5.74, 6) is 1.95. The first-order chi connectivity index (χ1) is 9.17. The molecule has 0 bridgehead atoms. The average Bonchev–Trinajstić information content (AvgIpc) is 2.87. The van der Waals surface area contributed by atoms with E-state index in [4.69, 9.17) is 4.42 Å². The highest BCUT2D eigenvalue weighted by Gasteiger charge is 2.06.